The maximum Gasteiger partial charge on any atom is 0.248 e. The van der Waals surface area contributed by atoms with Crippen LogP contribution in [0.4, 0.5) is 0 Å². The van der Waals surface area contributed by atoms with Gasteiger partial charge >= 0.3 is 0 Å². The Hall–Kier alpha value is -1.06. The molecule has 1 saturated heterocycles. The van der Waals surface area contributed by atoms with Crippen molar-refractivity contribution in [3.05, 3.63) is 0 Å². The van der Waals surface area contributed by atoms with Gasteiger partial charge in [0.15, 0.2) is 0 Å². The molecule has 4 heteroatoms. The van der Waals surface area contributed by atoms with Crippen LogP contribution in [-0.2, 0) is 9.59 Å². The number of rotatable bonds is 4. The molecular weight excluding hydrogens is 240 g/mol. The normalized spacial score (nSPS) is 23.5. The number of carbonyl (C=O) groups excluding carboxylic acids is 2. The van der Waals surface area contributed by atoms with Crippen LogP contribution in [-0.4, -0.2) is 34.8 Å². The van der Waals surface area contributed by atoms with Crippen molar-refractivity contribution in [3.8, 4) is 0 Å². The minimum absolute atomic E-state index is 0.0136. The van der Waals surface area contributed by atoms with E-state index < -0.39 is 5.54 Å². The Labute approximate surface area is 116 Å². The van der Waals surface area contributed by atoms with Crippen molar-refractivity contribution in [2.45, 2.75) is 72.4 Å². The molecule has 1 atom stereocenters. The second-order valence-corrected chi connectivity index (χ2v) is 7.23. The highest BCUT2D eigenvalue weighted by atomic mass is 16.2. The third kappa shape index (κ3) is 3.95. The topological polar surface area (TPSA) is 49.4 Å². The van der Waals surface area contributed by atoms with Gasteiger partial charge in [-0.05, 0) is 32.1 Å². The maximum atomic E-state index is 12.5. The Balaban J connectivity index is 2.90. The van der Waals surface area contributed by atoms with Gasteiger partial charge in [0.1, 0.15) is 11.6 Å². The molecule has 1 heterocycles. The molecule has 110 valence electrons. The molecule has 4 nitrogen and oxygen atoms in total. The molecule has 0 aromatic carbocycles. The molecule has 1 rings (SSSR count). The molecule has 19 heavy (non-hydrogen) atoms. The third-order valence-electron chi connectivity index (χ3n) is 3.57. The monoisotopic (exact) mass is 268 g/mol. The second-order valence-electron chi connectivity index (χ2n) is 7.23. The Morgan fingerprint density at radius 3 is 2.32 bits per heavy atom. The number of carbonyl (C=O) groups is 2. The fourth-order valence-electron chi connectivity index (χ4n) is 2.36. The summed E-state index contributed by atoms with van der Waals surface area (Å²) in [6.07, 6.45) is 2.54. The minimum Gasteiger partial charge on any atom is -0.340 e. The number of hydrogen-bond donors (Lipinski definition) is 1. The molecular formula is C15H28N2O2. The van der Waals surface area contributed by atoms with E-state index in [-0.39, 0.29) is 23.3 Å². The number of amides is 2. The van der Waals surface area contributed by atoms with Gasteiger partial charge in [0.25, 0.3) is 0 Å². The lowest BCUT2D eigenvalue weighted by molar-refractivity contribution is -0.154. The molecule has 1 N–H and O–H groups in total. The van der Waals surface area contributed by atoms with E-state index in [9.17, 15) is 9.59 Å². The summed E-state index contributed by atoms with van der Waals surface area (Å²) in [5.74, 6) is 0.0233. The van der Waals surface area contributed by atoms with Crippen molar-refractivity contribution < 1.29 is 9.59 Å². The first-order valence-electron chi connectivity index (χ1n) is 7.21. The summed E-state index contributed by atoms with van der Waals surface area (Å²) in [6, 6.07) is -0.298. The fraction of sp³-hybridized carbons (Fsp3) is 0.867. The highest BCUT2D eigenvalue weighted by Crippen LogP contribution is 2.25. The highest BCUT2D eigenvalue weighted by Gasteiger charge is 2.44. The number of piperazine rings is 1. The van der Waals surface area contributed by atoms with Crippen molar-refractivity contribution in [1.29, 1.82) is 0 Å². The smallest absolute Gasteiger partial charge is 0.248 e. The third-order valence-corrected chi connectivity index (χ3v) is 3.57. The van der Waals surface area contributed by atoms with Crippen LogP contribution in [0.5, 0.6) is 0 Å². The van der Waals surface area contributed by atoms with Crippen LogP contribution >= 0.6 is 0 Å². The zero-order chi connectivity index (χ0) is 14.8. The summed E-state index contributed by atoms with van der Waals surface area (Å²) in [5, 5.41) is 2.84. The van der Waals surface area contributed by atoms with Crippen LogP contribution in [0.2, 0.25) is 0 Å². The average Bonchev–Trinajstić information content (AvgIpc) is 2.23. The van der Waals surface area contributed by atoms with Gasteiger partial charge in [0.05, 0.1) is 0 Å². The lowest BCUT2D eigenvalue weighted by Gasteiger charge is -2.43. The van der Waals surface area contributed by atoms with Crippen molar-refractivity contribution in [2.75, 3.05) is 6.54 Å². The molecule has 1 aliphatic heterocycles. The predicted molar refractivity (Wildman–Crippen MR) is 76.7 cm³/mol. The molecule has 1 aliphatic rings. The van der Waals surface area contributed by atoms with E-state index in [0.717, 1.165) is 19.3 Å². The van der Waals surface area contributed by atoms with Gasteiger partial charge in [-0.15, -0.1) is 0 Å². The summed E-state index contributed by atoms with van der Waals surface area (Å²) in [7, 11) is 0. The van der Waals surface area contributed by atoms with E-state index in [2.05, 4.69) is 26.1 Å². The van der Waals surface area contributed by atoms with Crippen molar-refractivity contribution in [3.63, 3.8) is 0 Å². The largest absolute Gasteiger partial charge is 0.340 e. The second kappa shape index (κ2) is 5.51. The van der Waals surface area contributed by atoms with Crippen molar-refractivity contribution >= 4 is 11.8 Å². The van der Waals surface area contributed by atoms with Crippen molar-refractivity contribution in [2.24, 2.45) is 5.41 Å². The zero-order valence-corrected chi connectivity index (χ0v) is 13.2. The van der Waals surface area contributed by atoms with E-state index >= 15 is 0 Å². The summed E-state index contributed by atoms with van der Waals surface area (Å²) in [4.78, 5) is 26.5. The van der Waals surface area contributed by atoms with Gasteiger partial charge < -0.3 is 10.2 Å². The number of nitrogens with zero attached hydrogens (tertiary/aromatic N) is 1. The molecule has 1 fully saturated rings. The Morgan fingerprint density at radius 1 is 1.26 bits per heavy atom. The lowest BCUT2D eigenvalue weighted by atomic mass is 9.89. The molecule has 0 aliphatic carbocycles. The summed E-state index contributed by atoms with van der Waals surface area (Å²) >= 11 is 0. The van der Waals surface area contributed by atoms with E-state index in [1.165, 1.54) is 0 Å². The molecule has 0 aromatic rings. The van der Waals surface area contributed by atoms with Gasteiger partial charge in [0, 0.05) is 6.54 Å². The zero-order valence-electron chi connectivity index (χ0n) is 13.2. The van der Waals surface area contributed by atoms with Gasteiger partial charge in [-0.2, -0.15) is 0 Å². The van der Waals surface area contributed by atoms with E-state index in [0.29, 0.717) is 6.54 Å². The number of hydrogen-bond acceptors (Lipinski definition) is 2. The van der Waals surface area contributed by atoms with Crippen LogP contribution in [0.1, 0.15) is 60.8 Å². The quantitative estimate of drug-likeness (QED) is 0.850. The standard InChI is InChI=1S/C15H28N2O2/c1-7-8-11-12(18)16-15(5,6)13(19)17(11)10-9-14(2,3)4/h11H,7-10H2,1-6H3,(H,16,18). The lowest BCUT2D eigenvalue weighted by Crippen LogP contribution is -2.68. The first kappa shape index (κ1) is 16.0. The molecule has 0 spiro atoms. The first-order chi connectivity index (χ1) is 8.58. The Morgan fingerprint density at radius 2 is 1.84 bits per heavy atom. The molecule has 2 amide bonds. The first-order valence-corrected chi connectivity index (χ1v) is 7.21. The predicted octanol–water partition coefficient (Wildman–Crippen LogP) is 2.33. The fourth-order valence-corrected chi connectivity index (χ4v) is 2.36. The molecule has 1 unspecified atom stereocenters. The maximum absolute atomic E-state index is 12.5. The van der Waals surface area contributed by atoms with Gasteiger partial charge in [0.2, 0.25) is 11.8 Å². The highest BCUT2D eigenvalue weighted by molar-refractivity contribution is 5.99. The van der Waals surface area contributed by atoms with Crippen LogP contribution in [0.25, 0.3) is 0 Å². The minimum atomic E-state index is -0.779. The van der Waals surface area contributed by atoms with Crippen LogP contribution in [0.3, 0.4) is 0 Å². The Bertz CT molecular complexity index is 356. The molecule has 0 saturated carbocycles. The van der Waals surface area contributed by atoms with E-state index in [4.69, 9.17) is 0 Å². The van der Waals surface area contributed by atoms with Gasteiger partial charge in [-0.1, -0.05) is 34.1 Å². The summed E-state index contributed by atoms with van der Waals surface area (Å²) < 4.78 is 0. The van der Waals surface area contributed by atoms with Gasteiger partial charge in [-0.3, -0.25) is 9.59 Å². The van der Waals surface area contributed by atoms with Crippen molar-refractivity contribution in [1.82, 2.24) is 10.2 Å². The SMILES string of the molecule is CCCC1C(=O)NC(C)(C)C(=O)N1CCC(C)(C)C. The number of nitrogens with one attached hydrogen (secondary N) is 1. The summed E-state index contributed by atoms with van der Waals surface area (Å²) in [5.41, 5.74) is -0.617. The van der Waals surface area contributed by atoms with Crippen LogP contribution < -0.4 is 5.32 Å². The van der Waals surface area contributed by atoms with E-state index in [1.54, 1.807) is 18.7 Å². The molecule has 0 radical (unpaired) electrons. The van der Waals surface area contributed by atoms with Crippen LogP contribution in [0.15, 0.2) is 0 Å². The van der Waals surface area contributed by atoms with E-state index in [1.807, 2.05) is 6.92 Å². The van der Waals surface area contributed by atoms with Crippen LogP contribution in [0, 0.1) is 5.41 Å². The summed E-state index contributed by atoms with van der Waals surface area (Å²) in [6.45, 7) is 12.7. The average molecular weight is 268 g/mol. The van der Waals surface area contributed by atoms with Gasteiger partial charge in [-0.25, -0.2) is 0 Å². The molecule has 0 aromatic heterocycles. The molecule has 0 bridgehead atoms. The Kier molecular flexibility index (Phi) is 4.64.